The number of hydrogen-bond acceptors (Lipinski definition) is 5. The molecule has 164 valence electrons. The number of ether oxygens (including phenoxy) is 2. The van der Waals surface area contributed by atoms with E-state index >= 15 is 0 Å². The van der Waals surface area contributed by atoms with Crippen LogP contribution in [-0.4, -0.2) is 24.3 Å². The minimum absolute atomic E-state index is 0.0979. The molecule has 0 atom stereocenters. The molecule has 0 aliphatic carbocycles. The van der Waals surface area contributed by atoms with Crippen LogP contribution in [0, 0.1) is 12.7 Å². The predicted molar refractivity (Wildman–Crippen MR) is 117 cm³/mol. The average Bonchev–Trinajstić information content (AvgIpc) is 2.79. The molecule has 0 radical (unpaired) electrons. The van der Waals surface area contributed by atoms with E-state index in [0.29, 0.717) is 22.7 Å². The Morgan fingerprint density at radius 3 is 2.28 bits per heavy atom. The van der Waals surface area contributed by atoms with E-state index in [2.05, 4.69) is 5.32 Å². The van der Waals surface area contributed by atoms with E-state index in [-0.39, 0.29) is 18.6 Å². The number of rotatable bonds is 9. The highest BCUT2D eigenvalue weighted by Crippen LogP contribution is 2.29. The van der Waals surface area contributed by atoms with E-state index in [9.17, 15) is 18.8 Å². The van der Waals surface area contributed by atoms with Crippen LogP contribution in [0.1, 0.15) is 28.8 Å². The Kier molecular flexibility index (Phi) is 7.70. The third-order valence-corrected chi connectivity index (χ3v) is 4.50. The normalized spacial score (nSPS) is 10.3. The van der Waals surface area contributed by atoms with Crippen LogP contribution in [0.5, 0.6) is 11.5 Å². The van der Waals surface area contributed by atoms with Crippen LogP contribution in [0.3, 0.4) is 0 Å². The highest BCUT2D eigenvalue weighted by atomic mass is 19.1. The molecular formula is C25H22FNO5. The van der Waals surface area contributed by atoms with E-state index in [1.807, 2.05) is 31.2 Å². The van der Waals surface area contributed by atoms with Gasteiger partial charge in [0, 0.05) is 12.0 Å². The molecule has 3 rings (SSSR count). The Morgan fingerprint density at radius 1 is 0.875 bits per heavy atom. The molecule has 3 aromatic rings. The maximum atomic E-state index is 12.9. The molecule has 3 aromatic carbocycles. The molecule has 1 amide bonds. The zero-order valence-corrected chi connectivity index (χ0v) is 17.5. The van der Waals surface area contributed by atoms with Crippen LogP contribution >= 0.6 is 0 Å². The van der Waals surface area contributed by atoms with Crippen LogP contribution in [-0.2, 0) is 14.3 Å². The van der Waals surface area contributed by atoms with E-state index in [1.54, 1.807) is 24.3 Å². The lowest BCUT2D eigenvalue weighted by Crippen LogP contribution is -2.21. The molecule has 1 N–H and O–H groups in total. The fourth-order valence-electron chi connectivity index (χ4n) is 2.79. The van der Waals surface area contributed by atoms with Crippen LogP contribution < -0.4 is 10.1 Å². The molecule has 0 heterocycles. The zero-order chi connectivity index (χ0) is 22.9. The standard InChI is InChI=1S/C25H22FNO5/c1-17-6-12-20(13-7-17)32-23-5-3-2-4-21(23)27-24(29)16-31-25(30)15-14-22(28)18-8-10-19(26)11-9-18/h2-13H,14-16H2,1H3,(H,27,29). The summed E-state index contributed by atoms with van der Waals surface area (Å²) in [5.74, 6) is -0.912. The van der Waals surface area contributed by atoms with Gasteiger partial charge in [0.1, 0.15) is 11.6 Å². The first-order valence-corrected chi connectivity index (χ1v) is 9.98. The maximum absolute atomic E-state index is 12.9. The number of Topliss-reactive ketones (excluding diaryl/α,β-unsaturated/α-hetero) is 1. The van der Waals surface area contributed by atoms with Crippen LogP contribution in [0.4, 0.5) is 10.1 Å². The minimum Gasteiger partial charge on any atom is -0.456 e. The number of esters is 1. The molecule has 0 saturated carbocycles. The molecule has 0 aromatic heterocycles. The van der Waals surface area contributed by atoms with E-state index in [4.69, 9.17) is 9.47 Å². The molecule has 0 aliphatic rings. The molecule has 0 spiro atoms. The Balaban J connectivity index is 1.47. The van der Waals surface area contributed by atoms with Crippen molar-refractivity contribution in [1.82, 2.24) is 0 Å². The van der Waals surface area contributed by atoms with Gasteiger partial charge in [0.2, 0.25) is 0 Å². The number of halogens is 1. The highest BCUT2D eigenvalue weighted by Gasteiger charge is 2.13. The van der Waals surface area contributed by atoms with Crippen molar-refractivity contribution in [3.8, 4) is 11.5 Å². The van der Waals surface area contributed by atoms with Crippen molar-refractivity contribution in [2.75, 3.05) is 11.9 Å². The second kappa shape index (κ2) is 10.9. The quantitative estimate of drug-likeness (QED) is 0.375. The summed E-state index contributed by atoms with van der Waals surface area (Å²) < 4.78 is 23.7. The van der Waals surface area contributed by atoms with Gasteiger partial charge < -0.3 is 14.8 Å². The lowest BCUT2D eigenvalue weighted by Gasteiger charge is -2.12. The van der Waals surface area contributed by atoms with Crippen LogP contribution in [0.15, 0.2) is 72.8 Å². The number of carbonyl (C=O) groups is 3. The molecular weight excluding hydrogens is 413 g/mol. The second-order valence-corrected chi connectivity index (χ2v) is 7.05. The van der Waals surface area contributed by atoms with Crippen molar-refractivity contribution in [1.29, 1.82) is 0 Å². The number of hydrogen-bond donors (Lipinski definition) is 1. The third-order valence-electron chi connectivity index (χ3n) is 4.50. The Morgan fingerprint density at radius 2 is 1.56 bits per heavy atom. The van der Waals surface area contributed by atoms with Gasteiger partial charge in [0.15, 0.2) is 18.1 Å². The number of amides is 1. The predicted octanol–water partition coefficient (Wildman–Crippen LogP) is 5.07. The van der Waals surface area contributed by atoms with Gasteiger partial charge in [-0.15, -0.1) is 0 Å². The van der Waals surface area contributed by atoms with Crippen molar-refractivity contribution in [3.63, 3.8) is 0 Å². The molecule has 7 heteroatoms. The fraction of sp³-hybridized carbons (Fsp3) is 0.160. The average molecular weight is 435 g/mol. The first-order valence-electron chi connectivity index (χ1n) is 9.98. The number of anilines is 1. The van der Waals surface area contributed by atoms with Gasteiger partial charge in [-0.3, -0.25) is 14.4 Å². The number of carbonyl (C=O) groups excluding carboxylic acids is 3. The van der Waals surface area contributed by atoms with Gasteiger partial charge in [-0.2, -0.15) is 0 Å². The largest absolute Gasteiger partial charge is 0.456 e. The Labute approximate surface area is 185 Å². The topological polar surface area (TPSA) is 81.7 Å². The highest BCUT2D eigenvalue weighted by molar-refractivity contribution is 5.98. The second-order valence-electron chi connectivity index (χ2n) is 7.05. The van der Waals surface area contributed by atoms with Gasteiger partial charge in [0.25, 0.3) is 5.91 Å². The van der Waals surface area contributed by atoms with Crippen molar-refractivity contribution in [2.24, 2.45) is 0 Å². The molecule has 32 heavy (non-hydrogen) atoms. The molecule has 0 fully saturated rings. The summed E-state index contributed by atoms with van der Waals surface area (Å²) in [7, 11) is 0. The van der Waals surface area contributed by atoms with Gasteiger partial charge in [-0.25, -0.2) is 4.39 Å². The monoisotopic (exact) mass is 435 g/mol. The summed E-state index contributed by atoms with van der Waals surface area (Å²) >= 11 is 0. The zero-order valence-electron chi connectivity index (χ0n) is 17.5. The first kappa shape index (κ1) is 22.7. The lowest BCUT2D eigenvalue weighted by molar-refractivity contribution is -0.147. The van der Waals surface area contributed by atoms with E-state index in [0.717, 1.165) is 5.56 Å². The van der Waals surface area contributed by atoms with Crippen molar-refractivity contribution < 1.29 is 28.2 Å². The minimum atomic E-state index is -0.681. The summed E-state index contributed by atoms with van der Waals surface area (Å²) in [5, 5.41) is 2.65. The Hall–Kier alpha value is -4.00. The van der Waals surface area contributed by atoms with E-state index in [1.165, 1.54) is 24.3 Å². The number of benzene rings is 3. The summed E-state index contributed by atoms with van der Waals surface area (Å²) in [6, 6.07) is 19.4. The van der Waals surface area contributed by atoms with Crippen LogP contribution in [0.2, 0.25) is 0 Å². The van der Waals surface area contributed by atoms with Gasteiger partial charge in [-0.05, 0) is 55.5 Å². The summed E-state index contributed by atoms with van der Waals surface area (Å²) in [4.78, 5) is 36.1. The van der Waals surface area contributed by atoms with Gasteiger partial charge >= 0.3 is 5.97 Å². The fourth-order valence-corrected chi connectivity index (χ4v) is 2.79. The number of ketones is 1. The number of aryl methyl sites for hydroxylation is 1. The van der Waals surface area contributed by atoms with E-state index < -0.39 is 24.3 Å². The SMILES string of the molecule is Cc1ccc(Oc2ccccc2NC(=O)COC(=O)CCC(=O)c2ccc(F)cc2)cc1. The lowest BCUT2D eigenvalue weighted by atomic mass is 10.1. The van der Waals surface area contributed by atoms with Crippen molar-refractivity contribution in [3.05, 3.63) is 89.7 Å². The van der Waals surface area contributed by atoms with Gasteiger partial charge in [0.05, 0.1) is 12.1 Å². The molecule has 0 bridgehead atoms. The molecule has 0 unspecified atom stereocenters. The van der Waals surface area contributed by atoms with Crippen molar-refractivity contribution in [2.45, 2.75) is 19.8 Å². The molecule has 6 nitrogen and oxygen atoms in total. The number of nitrogens with one attached hydrogen (secondary N) is 1. The van der Waals surface area contributed by atoms with Crippen molar-refractivity contribution >= 4 is 23.3 Å². The smallest absolute Gasteiger partial charge is 0.306 e. The Bertz CT molecular complexity index is 1090. The summed E-state index contributed by atoms with van der Waals surface area (Å²) in [5.41, 5.74) is 1.84. The van der Waals surface area contributed by atoms with Gasteiger partial charge in [-0.1, -0.05) is 29.8 Å². The molecule has 0 saturated heterocycles. The molecule has 0 aliphatic heterocycles. The summed E-state index contributed by atoms with van der Waals surface area (Å²) in [6.45, 7) is 1.47. The maximum Gasteiger partial charge on any atom is 0.306 e. The summed E-state index contributed by atoms with van der Waals surface area (Å²) in [6.07, 6.45) is -0.282. The first-order chi connectivity index (χ1) is 15.4. The third kappa shape index (κ3) is 6.77. The van der Waals surface area contributed by atoms with Crippen LogP contribution in [0.25, 0.3) is 0 Å². The number of para-hydroxylation sites is 2.